The van der Waals surface area contributed by atoms with Crippen LogP contribution in [-0.2, 0) is 14.3 Å². The van der Waals surface area contributed by atoms with E-state index in [1.165, 1.54) is 11.8 Å². The third-order valence-electron chi connectivity index (χ3n) is 2.34. The van der Waals surface area contributed by atoms with Gasteiger partial charge in [-0.25, -0.2) is 4.79 Å². The minimum absolute atomic E-state index is 0.259. The van der Waals surface area contributed by atoms with Gasteiger partial charge in [0.2, 0.25) is 0 Å². The molecule has 1 aromatic carbocycles. The van der Waals surface area contributed by atoms with Crippen LogP contribution in [-0.4, -0.2) is 43.6 Å². The van der Waals surface area contributed by atoms with E-state index in [1.807, 2.05) is 0 Å². The standard InChI is InChI=1S/C13H15Br2NO4/c1-8(13(18)16(2)3)20-12(17)7-19-11-5-4-9(14)6-10(11)15/h4-6,8H,7H2,1-3H3/t8-/m1/s1. The van der Waals surface area contributed by atoms with Crippen LogP contribution in [0.3, 0.4) is 0 Å². The maximum Gasteiger partial charge on any atom is 0.344 e. The van der Waals surface area contributed by atoms with Crippen LogP contribution in [0.15, 0.2) is 27.1 Å². The van der Waals surface area contributed by atoms with Gasteiger partial charge >= 0.3 is 5.97 Å². The Labute approximate surface area is 134 Å². The van der Waals surface area contributed by atoms with Crippen molar-refractivity contribution in [1.29, 1.82) is 0 Å². The van der Waals surface area contributed by atoms with Gasteiger partial charge in [0.25, 0.3) is 5.91 Å². The molecule has 1 amide bonds. The third kappa shape index (κ3) is 5.13. The molecule has 0 saturated carbocycles. The molecule has 0 fully saturated rings. The zero-order valence-corrected chi connectivity index (χ0v) is 14.5. The first kappa shape index (κ1) is 17.0. The summed E-state index contributed by atoms with van der Waals surface area (Å²) in [6.45, 7) is 1.26. The van der Waals surface area contributed by atoms with E-state index in [-0.39, 0.29) is 12.5 Å². The molecule has 0 bridgehead atoms. The fourth-order valence-corrected chi connectivity index (χ4v) is 2.54. The van der Waals surface area contributed by atoms with E-state index in [2.05, 4.69) is 31.9 Å². The van der Waals surface area contributed by atoms with Crippen molar-refractivity contribution in [3.8, 4) is 5.75 Å². The summed E-state index contributed by atoms with van der Waals surface area (Å²) in [5.74, 6) is -0.345. The average Bonchev–Trinajstić information content (AvgIpc) is 2.36. The Morgan fingerprint density at radius 3 is 2.50 bits per heavy atom. The van der Waals surface area contributed by atoms with Crippen molar-refractivity contribution in [2.75, 3.05) is 20.7 Å². The molecule has 5 nitrogen and oxygen atoms in total. The molecule has 1 atom stereocenters. The van der Waals surface area contributed by atoms with Crippen LogP contribution in [0, 0.1) is 0 Å². The van der Waals surface area contributed by atoms with Gasteiger partial charge in [-0.15, -0.1) is 0 Å². The molecule has 0 aromatic heterocycles. The minimum Gasteiger partial charge on any atom is -0.481 e. The van der Waals surface area contributed by atoms with E-state index in [0.29, 0.717) is 5.75 Å². The second-order valence-electron chi connectivity index (χ2n) is 4.23. The van der Waals surface area contributed by atoms with E-state index >= 15 is 0 Å². The Kier molecular flexibility index (Phi) is 6.48. The lowest BCUT2D eigenvalue weighted by atomic mass is 10.3. The van der Waals surface area contributed by atoms with Crippen LogP contribution in [0.4, 0.5) is 0 Å². The summed E-state index contributed by atoms with van der Waals surface area (Å²) in [7, 11) is 3.20. The van der Waals surface area contributed by atoms with Crippen LogP contribution in [0.25, 0.3) is 0 Å². The molecule has 0 aliphatic heterocycles. The predicted octanol–water partition coefficient (Wildman–Crippen LogP) is 2.61. The number of esters is 1. The molecule has 0 aliphatic rings. The van der Waals surface area contributed by atoms with Crippen molar-refractivity contribution >= 4 is 43.7 Å². The summed E-state index contributed by atoms with van der Waals surface area (Å²) in [4.78, 5) is 24.5. The van der Waals surface area contributed by atoms with Gasteiger partial charge in [-0.2, -0.15) is 0 Å². The molecule has 0 N–H and O–H groups in total. The van der Waals surface area contributed by atoms with Gasteiger partial charge in [0.15, 0.2) is 12.7 Å². The molecule has 0 aliphatic carbocycles. The molecular formula is C13H15Br2NO4. The summed E-state index contributed by atoms with van der Waals surface area (Å²) in [5, 5.41) is 0. The van der Waals surface area contributed by atoms with E-state index in [9.17, 15) is 9.59 Å². The first-order chi connectivity index (χ1) is 9.31. The first-order valence-electron chi connectivity index (χ1n) is 5.79. The number of ether oxygens (including phenoxy) is 2. The molecule has 110 valence electrons. The number of amides is 1. The molecule has 0 unspecified atom stereocenters. The van der Waals surface area contributed by atoms with Crippen molar-refractivity contribution in [1.82, 2.24) is 4.90 Å². The fourth-order valence-electron chi connectivity index (χ4n) is 1.37. The largest absolute Gasteiger partial charge is 0.481 e. The number of rotatable bonds is 5. The molecule has 0 saturated heterocycles. The van der Waals surface area contributed by atoms with Crippen molar-refractivity contribution < 1.29 is 19.1 Å². The lowest BCUT2D eigenvalue weighted by Gasteiger charge is -2.17. The highest BCUT2D eigenvalue weighted by molar-refractivity contribution is 9.11. The predicted molar refractivity (Wildman–Crippen MR) is 81.6 cm³/mol. The SMILES string of the molecule is C[C@@H](OC(=O)COc1ccc(Br)cc1Br)C(=O)N(C)C. The number of benzene rings is 1. The Bertz CT molecular complexity index is 505. The zero-order valence-electron chi connectivity index (χ0n) is 11.4. The van der Waals surface area contributed by atoms with Gasteiger partial charge in [-0.3, -0.25) is 4.79 Å². The Hall–Kier alpha value is -1.08. The van der Waals surface area contributed by atoms with Crippen LogP contribution < -0.4 is 4.74 Å². The molecule has 20 heavy (non-hydrogen) atoms. The molecule has 0 heterocycles. The molecule has 1 aromatic rings. The Morgan fingerprint density at radius 1 is 1.30 bits per heavy atom. The molecule has 1 rings (SSSR count). The van der Waals surface area contributed by atoms with Gasteiger partial charge in [0.05, 0.1) is 4.47 Å². The van der Waals surface area contributed by atoms with Crippen LogP contribution in [0.1, 0.15) is 6.92 Å². The van der Waals surface area contributed by atoms with E-state index < -0.39 is 12.1 Å². The summed E-state index contributed by atoms with van der Waals surface area (Å²) in [5.41, 5.74) is 0. The molecule has 0 radical (unpaired) electrons. The number of hydrogen-bond donors (Lipinski definition) is 0. The maximum absolute atomic E-state index is 11.6. The summed E-state index contributed by atoms with van der Waals surface area (Å²) in [6.07, 6.45) is -0.825. The van der Waals surface area contributed by atoms with Crippen LogP contribution >= 0.6 is 31.9 Å². The number of hydrogen-bond acceptors (Lipinski definition) is 4. The highest BCUT2D eigenvalue weighted by Crippen LogP contribution is 2.28. The van der Waals surface area contributed by atoms with Gasteiger partial charge < -0.3 is 14.4 Å². The highest BCUT2D eigenvalue weighted by Gasteiger charge is 2.19. The molecule has 7 heteroatoms. The lowest BCUT2D eigenvalue weighted by molar-refractivity contribution is -0.159. The number of likely N-dealkylation sites (N-methyl/N-ethyl adjacent to an activating group) is 1. The van der Waals surface area contributed by atoms with Gasteiger partial charge in [-0.05, 0) is 41.1 Å². The van der Waals surface area contributed by atoms with E-state index in [1.54, 1.807) is 32.3 Å². The number of nitrogens with zero attached hydrogens (tertiary/aromatic N) is 1. The van der Waals surface area contributed by atoms with Gasteiger partial charge in [0.1, 0.15) is 5.75 Å². The highest BCUT2D eigenvalue weighted by atomic mass is 79.9. The Morgan fingerprint density at radius 2 is 1.95 bits per heavy atom. The quantitative estimate of drug-likeness (QED) is 0.702. The maximum atomic E-state index is 11.6. The molecule has 0 spiro atoms. The number of carbonyl (C=O) groups is 2. The normalized spacial score (nSPS) is 11.7. The first-order valence-corrected chi connectivity index (χ1v) is 7.38. The monoisotopic (exact) mass is 407 g/mol. The van der Waals surface area contributed by atoms with Gasteiger partial charge in [-0.1, -0.05) is 15.9 Å². The minimum atomic E-state index is -0.825. The van der Waals surface area contributed by atoms with Crippen LogP contribution in [0.2, 0.25) is 0 Å². The number of halogens is 2. The third-order valence-corrected chi connectivity index (χ3v) is 3.45. The van der Waals surface area contributed by atoms with Crippen LogP contribution in [0.5, 0.6) is 5.75 Å². The summed E-state index contributed by atoms with van der Waals surface area (Å²) >= 11 is 6.64. The van der Waals surface area contributed by atoms with Crippen molar-refractivity contribution in [2.24, 2.45) is 0 Å². The molecular weight excluding hydrogens is 394 g/mol. The van der Waals surface area contributed by atoms with Crippen molar-refractivity contribution in [2.45, 2.75) is 13.0 Å². The van der Waals surface area contributed by atoms with Crippen molar-refractivity contribution in [3.63, 3.8) is 0 Å². The smallest absolute Gasteiger partial charge is 0.344 e. The summed E-state index contributed by atoms with van der Waals surface area (Å²) in [6, 6.07) is 5.32. The second-order valence-corrected chi connectivity index (χ2v) is 6.00. The van der Waals surface area contributed by atoms with Crippen molar-refractivity contribution in [3.05, 3.63) is 27.1 Å². The van der Waals surface area contributed by atoms with E-state index in [4.69, 9.17) is 9.47 Å². The van der Waals surface area contributed by atoms with E-state index in [0.717, 1.165) is 8.95 Å². The topological polar surface area (TPSA) is 55.8 Å². The fraction of sp³-hybridized carbons (Fsp3) is 0.385. The number of carbonyl (C=O) groups excluding carboxylic acids is 2. The average molecular weight is 409 g/mol. The zero-order chi connectivity index (χ0) is 15.3. The summed E-state index contributed by atoms with van der Waals surface area (Å²) < 4.78 is 11.9. The second kappa shape index (κ2) is 7.64. The lowest BCUT2D eigenvalue weighted by Crippen LogP contribution is -2.35. The Balaban J connectivity index is 2.49. The van der Waals surface area contributed by atoms with Gasteiger partial charge in [0, 0.05) is 18.6 Å².